The summed E-state index contributed by atoms with van der Waals surface area (Å²) in [5.41, 5.74) is 0.816. The number of hydrogen-bond acceptors (Lipinski definition) is 8. The predicted molar refractivity (Wildman–Crippen MR) is 135 cm³/mol. The minimum absolute atomic E-state index is 0.116. The third kappa shape index (κ3) is 4.32. The fourth-order valence-electron chi connectivity index (χ4n) is 4.63. The van der Waals surface area contributed by atoms with Crippen LogP contribution in [-0.4, -0.2) is 39.7 Å². The normalized spacial score (nSPS) is 16.5. The zero-order valence-corrected chi connectivity index (χ0v) is 19.2. The van der Waals surface area contributed by atoms with Crippen LogP contribution < -0.4 is 26.4 Å². The van der Waals surface area contributed by atoms with E-state index in [0.717, 1.165) is 34.9 Å². The third-order valence-electron chi connectivity index (χ3n) is 6.57. The molecule has 9 nitrogen and oxygen atoms in total. The lowest BCUT2D eigenvalue weighted by Gasteiger charge is -2.28. The largest absolute Gasteiger partial charge is 0.480 e. The lowest BCUT2D eigenvalue weighted by Crippen LogP contribution is -2.46. The molecule has 2 atom stereocenters. The van der Waals surface area contributed by atoms with Crippen LogP contribution in [0, 0.1) is 0 Å². The van der Waals surface area contributed by atoms with E-state index >= 15 is 0 Å². The van der Waals surface area contributed by atoms with Gasteiger partial charge in [0.05, 0.1) is 0 Å². The van der Waals surface area contributed by atoms with Crippen molar-refractivity contribution in [1.29, 1.82) is 0 Å². The highest BCUT2D eigenvalue weighted by molar-refractivity contribution is 5.92. The topological polar surface area (TPSA) is 125 Å². The fraction of sp³-hybridized carbons (Fsp3) is 0.269. The molecule has 1 aliphatic rings. The quantitative estimate of drug-likeness (QED) is 0.333. The summed E-state index contributed by atoms with van der Waals surface area (Å²) >= 11 is 0. The number of aliphatic carboxylic acids is 1. The Morgan fingerprint density at radius 1 is 1.14 bits per heavy atom. The summed E-state index contributed by atoms with van der Waals surface area (Å²) in [6.45, 7) is 2.69. The molecule has 178 valence electrons. The summed E-state index contributed by atoms with van der Waals surface area (Å²) < 4.78 is 0. The van der Waals surface area contributed by atoms with Crippen LogP contribution in [-0.2, 0) is 11.2 Å². The van der Waals surface area contributed by atoms with Gasteiger partial charge in [0, 0.05) is 48.7 Å². The molecule has 0 aliphatic carbocycles. The van der Waals surface area contributed by atoms with Crippen molar-refractivity contribution >= 4 is 39.6 Å². The second kappa shape index (κ2) is 9.17. The summed E-state index contributed by atoms with van der Waals surface area (Å²) in [7, 11) is 0. The van der Waals surface area contributed by atoms with Crippen molar-refractivity contribution in [2.24, 2.45) is 0 Å². The average molecular weight is 472 g/mol. The molecule has 4 aromatic rings. The van der Waals surface area contributed by atoms with Crippen molar-refractivity contribution in [2.75, 3.05) is 22.1 Å². The second-order valence-electron chi connectivity index (χ2n) is 8.88. The maximum atomic E-state index is 12.2. The number of pyridine rings is 2. The molecule has 2 unspecified atom stereocenters. The number of fused-ring (bicyclic) bond motifs is 1. The van der Waals surface area contributed by atoms with E-state index in [-0.39, 0.29) is 18.2 Å². The van der Waals surface area contributed by atoms with Crippen molar-refractivity contribution in [3.63, 3.8) is 0 Å². The molecule has 1 fully saturated rings. The number of carbonyl (C=O) groups is 1. The van der Waals surface area contributed by atoms with Gasteiger partial charge in [0.25, 0.3) is 10.9 Å². The zero-order chi connectivity index (χ0) is 24.5. The molecule has 3 N–H and O–H groups in total. The van der Waals surface area contributed by atoms with Gasteiger partial charge in [0.15, 0.2) is 0 Å². The minimum atomic E-state index is -1.09. The van der Waals surface area contributed by atoms with Crippen LogP contribution in [0.15, 0.2) is 64.6 Å². The molecule has 2 aromatic heterocycles. The highest BCUT2D eigenvalue weighted by Gasteiger charge is 2.33. The maximum absolute atomic E-state index is 12.2. The van der Waals surface area contributed by atoms with E-state index in [0.29, 0.717) is 18.1 Å². The summed E-state index contributed by atoms with van der Waals surface area (Å²) in [6, 6.07) is 10.3. The Kier molecular flexibility index (Phi) is 5.90. The number of carboxylic acid groups (broad SMARTS) is 1. The molecule has 9 heteroatoms. The molecule has 1 saturated heterocycles. The first-order chi connectivity index (χ1) is 16.9. The van der Waals surface area contributed by atoms with Crippen molar-refractivity contribution < 1.29 is 9.90 Å². The standard InChI is InChI=1S/C26H25N5O4/c1-15-3-2-12-31(15)22-21(23(32)24(22)33)30-20(26(34)35)13-16-4-6-18(7-5-16)29-25-19-14-27-10-8-17(19)9-11-28-25/h4-11,14-15,20,30H,2-3,12-13H2,1H3,(H,28,29)(H,34,35). The summed E-state index contributed by atoms with van der Waals surface area (Å²) in [5.74, 6) is -0.412. The van der Waals surface area contributed by atoms with Gasteiger partial charge < -0.3 is 20.6 Å². The lowest BCUT2D eigenvalue weighted by atomic mass is 10.0. The summed E-state index contributed by atoms with van der Waals surface area (Å²) in [5, 5.41) is 17.8. The smallest absolute Gasteiger partial charge is 0.326 e. The summed E-state index contributed by atoms with van der Waals surface area (Å²) in [6.07, 6.45) is 7.23. The molecule has 3 heterocycles. The molecule has 0 spiro atoms. The molecule has 0 saturated carbocycles. The van der Waals surface area contributed by atoms with E-state index in [9.17, 15) is 19.5 Å². The molecule has 0 bridgehead atoms. The molecule has 1 aliphatic heterocycles. The Hall–Kier alpha value is -4.27. The van der Waals surface area contributed by atoms with Crippen molar-refractivity contribution in [3.05, 3.63) is 81.0 Å². The number of carboxylic acids is 1. The Balaban J connectivity index is 1.31. The fourth-order valence-corrected chi connectivity index (χ4v) is 4.63. The Morgan fingerprint density at radius 2 is 1.91 bits per heavy atom. The second-order valence-corrected chi connectivity index (χ2v) is 8.88. The first-order valence-corrected chi connectivity index (χ1v) is 11.6. The lowest BCUT2D eigenvalue weighted by molar-refractivity contribution is -0.137. The Labute approximate surface area is 201 Å². The zero-order valence-electron chi connectivity index (χ0n) is 19.2. The van der Waals surface area contributed by atoms with E-state index in [1.807, 2.05) is 48.2 Å². The van der Waals surface area contributed by atoms with Crippen LogP contribution in [0.1, 0.15) is 25.3 Å². The van der Waals surface area contributed by atoms with E-state index in [2.05, 4.69) is 20.6 Å². The van der Waals surface area contributed by atoms with Crippen LogP contribution in [0.2, 0.25) is 0 Å². The SMILES string of the molecule is CC1CCCN1c1c(NC(Cc2ccc(Nc3nccc4ccncc34)cc2)C(=O)O)c(=O)c1=O. The minimum Gasteiger partial charge on any atom is -0.480 e. The molecular formula is C26H25N5O4. The molecular weight excluding hydrogens is 446 g/mol. The number of benzene rings is 1. The molecule has 5 rings (SSSR count). The average Bonchev–Trinajstić information content (AvgIpc) is 3.28. The molecule has 2 aromatic carbocycles. The van der Waals surface area contributed by atoms with Crippen molar-refractivity contribution in [2.45, 2.75) is 38.3 Å². The van der Waals surface area contributed by atoms with Crippen LogP contribution in [0.3, 0.4) is 0 Å². The van der Waals surface area contributed by atoms with E-state index in [4.69, 9.17) is 0 Å². The van der Waals surface area contributed by atoms with Gasteiger partial charge in [-0.25, -0.2) is 9.78 Å². The first-order valence-electron chi connectivity index (χ1n) is 11.6. The molecule has 35 heavy (non-hydrogen) atoms. The van der Waals surface area contributed by atoms with E-state index in [1.165, 1.54) is 0 Å². The van der Waals surface area contributed by atoms with Crippen LogP contribution in [0.25, 0.3) is 10.8 Å². The van der Waals surface area contributed by atoms with Gasteiger partial charge >= 0.3 is 5.97 Å². The number of nitrogens with one attached hydrogen (secondary N) is 2. The Bertz CT molecular complexity index is 1450. The molecule has 0 amide bonds. The maximum Gasteiger partial charge on any atom is 0.326 e. The van der Waals surface area contributed by atoms with E-state index < -0.39 is 22.9 Å². The number of anilines is 4. The van der Waals surface area contributed by atoms with Gasteiger partial charge in [-0.2, -0.15) is 0 Å². The van der Waals surface area contributed by atoms with Crippen molar-refractivity contribution in [1.82, 2.24) is 9.97 Å². The van der Waals surface area contributed by atoms with Gasteiger partial charge in [-0.1, -0.05) is 12.1 Å². The van der Waals surface area contributed by atoms with Gasteiger partial charge in [0.1, 0.15) is 23.2 Å². The highest BCUT2D eigenvalue weighted by Crippen LogP contribution is 2.29. The Morgan fingerprint density at radius 3 is 2.63 bits per heavy atom. The van der Waals surface area contributed by atoms with Crippen LogP contribution in [0.5, 0.6) is 0 Å². The van der Waals surface area contributed by atoms with Gasteiger partial charge in [-0.3, -0.25) is 14.6 Å². The first kappa shape index (κ1) is 22.5. The number of hydrogen-bond donors (Lipinski definition) is 3. The van der Waals surface area contributed by atoms with Gasteiger partial charge in [-0.05, 0) is 55.0 Å². The molecule has 0 radical (unpaired) electrons. The van der Waals surface area contributed by atoms with Gasteiger partial charge in [0.2, 0.25) is 0 Å². The predicted octanol–water partition coefficient (Wildman–Crippen LogP) is 3.07. The monoisotopic (exact) mass is 471 g/mol. The number of aromatic nitrogens is 2. The highest BCUT2D eigenvalue weighted by atomic mass is 16.4. The van der Waals surface area contributed by atoms with E-state index in [1.54, 1.807) is 18.6 Å². The van der Waals surface area contributed by atoms with Crippen LogP contribution in [0.4, 0.5) is 22.9 Å². The third-order valence-corrected chi connectivity index (χ3v) is 6.57. The number of nitrogens with zero attached hydrogens (tertiary/aromatic N) is 3. The van der Waals surface area contributed by atoms with Crippen molar-refractivity contribution in [3.8, 4) is 0 Å². The van der Waals surface area contributed by atoms with Crippen LogP contribution >= 0.6 is 0 Å². The van der Waals surface area contributed by atoms with Gasteiger partial charge in [-0.15, -0.1) is 0 Å². The summed E-state index contributed by atoms with van der Waals surface area (Å²) in [4.78, 5) is 46.9. The number of rotatable bonds is 8.